The molecule has 0 unspecified atom stereocenters. The molecule has 26 heavy (non-hydrogen) atoms. The van der Waals surface area contributed by atoms with E-state index < -0.39 is 0 Å². The molecule has 1 N–H and O–H groups in total. The molecule has 3 aromatic rings. The van der Waals surface area contributed by atoms with Gasteiger partial charge in [-0.05, 0) is 47.0 Å². The molecule has 1 aliphatic carbocycles. The second kappa shape index (κ2) is 7.56. The van der Waals surface area contributed by atoms with Crippen LogP contribution < -0.4 is 5.32 Å². The zero-order valence-corrected chi connectivity index (χ0v) is 15.4. The van der Waals surface area contributed by atoms with Gasteiger partial charge in [-0.2, -0.15) is 4.68 Å². The van der Waals surface area contributed by atoms with Crippen molar-refractivity contribution in [2.45, 2.75) is 44.2 Å². The first-order chi connectivity index (χ1) is 12.8. The van der Waals surface area contributed by atoms with E-state index in [1.807, 2.05) is 35.0 Å². The highest BCUT2D eigenvalue weighted by Crippen LogP contribution is 2.37. The van der Waals surface area contributed by atoms with Gasteiger partial charge in [-0.3, -0.25) is 0 Å². The van der Waals surface area contributed by atoms with Crippen LogP contribution in [-0.2, 0) is 12.1 Å². The number of aromatic nitrogens is 4. The Labute approximate surface area is 158 Å². The molecule has 0 atom stereocenters. The van der Waals surface area contributed by atoms with E-state index in [1.54, 1.807) is 0 Å². The van der Waals surface area contributed by atoms with E-state index in [0.717, 1.165) is 30.9 Å². The Kier molecular flexibility index (Phi) is 5.00. The Morgan fingerprint density at radius 2 is 1.81 bits per heavy atom. The van der Waals surface area contributed by atoms with E-state index in [0.29, 0.717) is 5.02 Å². The van der Waals surface area contributed by atoms with Crippen molar-refractivity contribution in [2.24, 2.45) is 0 Å². The summed E-state index contributed by atoms with van der Waals surface area (Å²) in [6, 6.07) is 18.1. The van der Waals surface area contributed by atoms with Gasteiger partial charge in [0.05, 0.1) is 11.2 Å². The van der Waals surface area contributed by atoms with E-state index in [9.17, 15) is 0 Å². The molecule has 1 saturated carbocycles. The molecule has 0 radical (unpaired) electrons. The van der Waals surface area contributed by atoms with Gasteiger partial charge in [0, 0.05) is 11.6 Å². The molecule has 1 aromatic heterocycles. The molecular weight excluding hydrogens is 346 g/mol. The summed E-state index contributed by atoms with van der Waals surface area (Å²) in [7, 11) is 0. The molecular formula is C20H22ClN5. The first-order valence-corrected chi connectivity index (χ1v) is 9.48. The maximum atomic E-state index is 6.18. The molecule has 0 amide bonds. The third-order valence-corrected chi connectivity index (χ3v) is 5.37. The van der Waals surface area contributed by atoms with E-state index in [4.69, 9.17) is 11.6 Å². The van der Waals surface area contributed by atoms with E-state index in [-0.39, 0.29) is 5.54 Å². The fraction of sp³-hybridized carbons (Fsp3) is 0.350. The average Bonchev–Trinajstić information content (AvgIpc) is 3.19. The van der Waals surface area contributed by atoms with Crippen LogP contribution in [0.25, 0.3) is 5.69 Å². The summed E-state index contributed by atoms with van der Waals surface area (Å²) < 4.78 is 1.83. The van der Waals surface area contributed by atoms with Crippen LogP contribution in [0.2, 0.25) is 5.02 Å². The van der Waals surface area contributed by atoms with Crippen molar-refractivity contribution >= 4 is 11.6 Å². The summed E-state index contributed by atoms with van der Waals surface area (Å²) in [6.07, 6.45) is 5.66. The SMILES string of the molecule is Clc1cccc(-n2nnnc2C2(NCc3ccccc3)CCCCC2)c1. The molecule has 4 rings (SSSR count). The maximum Gasteiger partial charge on any atom is 0.176 e. The lowest BCUT2D eigenvalue weighted by atomic mass is 9.80. The molecule has 2 aromatic carbocycles. The van der Waals surface area contributed by atoms with Gasteiger partial charge < -0.3 is 5.32 Å². The lowest BCUT2D eigenvalue weighted by Crippen LogP contribution is -2.45. The molecule has 0 spiro atoms. The molecule has 1 aliphatic rings. The Bertz CT molecular complexity index is 855. The molecule has 5 nitrogen and oxygen atoms in total. The third kappa shape index (κ3) is 3.50. The lowest BCUT2D eigenvalue weighted by molar-refractivity contribution is 0.214. The molecule has 134 valence electrons. The van der Waals surface area contributed by atoms with Gasteiger partial charge in [0.15, 0.2) is 5.82 Å². The number of rotatable bonds is 5. The Morgan fingerprint density at radius 3 is 2.58 bits per heavy atom. The number of hydrogen-bond donors (Lipinski definition) is 1. The van der Waals surface area contributed by atoms with Crippen LogP contribution in [-0.4, -0.2) is 20.2 Å². The first-order valence-electron chi connectivity index (χ1n) is 9.11. The summed E-state index contributed by atoms with van der Waals surface area (Å²) >= 11 is 6.18. The Balaban J connectivity index is 1.68. The van der Waals surface area contributed by atoms with Crippen molar-refractivity contribution in [3.63, 3.8) is 0 Å². The number of hydrogen-bond acceptors (Lipinski definition) is 4. The van der Waals surface area contributed by atoms with Crippen molar-refractivity contribution in [3.05, 3.63) is 71.0 Å². The van der Waals surface area contributed by atoms with Crippen LogP contribution in [0.15, 0.2) is 54.6 Å². The highest BCUT2D eigenvalue weighted by molar-refractivity contribution is 6.30. The van der Waals surface area contributed by atoms with Crippen molar-refractivity contribution in [1.82, 2.24) is 25.5 Å². The monoisotopic (exact) mass is 367 g/mol. The predicted molar refractivity (Wildman–Crippen MR) is 102 cm³/mol. The molecule has 0 saturated heterocycles. The van der Waals surface area contributed by atoms with Gasteiger partial charge >= 0.3 is 0 Å². The summed E-state index contributed by atoms with van der Waals surface area (Å²) in [4.78, 5) is 0. The second-order valence-electron chi connectivity index (χ2n) is 6.88. The summed E-state index contributed by atoms with van der Waals surface area (Å²) in [5.41, 5.74) is 1.93. The minimum absolute atomic E-state index is 0.222. The minimum Gasteiger partial charge on any atom is -0.301 e. The number of tetrazole rings is 1. The molecule has 1 fully saturated rings. The van der Waals surface area contributed by atoms with Crippen LogP contribution >= 0.6 is 11.6 Å². The molecule has 0 bridgehead atoms. The molecule has 0 aliphatic heterocycles. The highest BCUT2D eigenvalue weighted by atomic mass is 35.5. The predicted octanol–water partition coefficient (Wildman–Crippen LogP) is 4.26. The number of halogens is 1. The van der Waals surface area contributed by atoms with Gasteiger partial charge in [-0.25, -0.2) is 0 Å². The van der Waals surface area contributed by atoms with E-state index in [1.165, 1.54) is 24.8 Å². The van der Waals surface area contributed by atoms with Crippen molar-refractivity contribution < 1.29 is 0 Å². The zero-order valence-electron chi connectivity index (χ0n) is 14.6. The van der Waals surface area contributed by atoms with Crippen molar-refractivity contribution in [3.8, 4) is 5.69 Å². The van der Waals surface area contributed by atoms with Gasteiger partial charge in [0.2, 0.25) is 0 Å². The first kappa shape index (κ1) is 17.2. The van der Waals surface area contributed by atoms with Crippen molar-refractivity contribution in [2.75, 3.05) is 0 Å². The van der Waals surface area contributed by atoms with Gasteiger partial charge in [0.1, 0.15) is 0 Å². The quantitative estimate of drug-likeness (QED) is 0.731. The third-order valence-electron chi connectivity index (χ3n) is 5.13. The number of benzene rings is 2. The largest absolute Gasteiger partial charge is 0.301 e. The lowest BCUT2D eigenvalue weighted by Gasteiger charge is -2.37. The highest BCUT2D eigenvalue weighted by Gasteiger charge is 2.38. The summed E-state index contributed by atoms with van der Waals surface area (Å²) in [6.45, 7) is 0.795. The van der Waals surface area contributed by atoms with Crippen LogP contribution in [0, 0.1) is 0 Å². The fourth-order valence-corrected chi connectivity index (χ4v) is 3.95. The van der Waals surface area contributed by atoms with Gasteiger partial charge in [-0.1, -0.05) is 67.3 Å². The van der Waals surface area contributed by atoms with Crippen LogP contribution in [0.4, 0.5) is 0 Å². The van der Waals surface area contributed by atoms with Crippen LogP contribution in [0.3, 0.4) is 0 Å². The van der Waals surface area contributed by atoms with E-state index >= 15 is 0 Å². The normalized spacial score (nSPS) is 16.5. The standard InChI is InChI=1S/C20H22ClN5/c21-17-10-7-11-18(14-17)26-19(23-24-25-26)20(12-5-2-6-13-20)22-15-16-8-3-1-4-9-16/h1,3-4,7-11,14,22H,2,5-6,12-13,15H2. The van der Waals surface area contributed by atoms with Crippen molar-refractivity contribution in [1.29, 1.82) is 0 Å². The maximum absolute atomic E-state index is 6.18. The van der Waals surface area contributed by atoms with Crippen LogP contribution in [0.1, 0.15) is 43.5 Å². The topological polar surface area (TPSA) is 55.6 Å². The second-order valence-corrected chi connectivity index (χ2v) is 7.31. The minimum atomic E-state index is -0.222. The number of nitrogens with zero attached hydrogens (tertiary/aromatic N) is 4. The van der Waals surface area contributed by atoms with E-state index in [2.05, 4.69) is 45.1 Å². The molecule has 6 heteroatoms. The molecule has 1 heterocycles. The average molecular weight is 368 g/mol. The zero-order chi connectivity index (χ0) is 17.8. The Morgan fingerprint density at radius 1 is 1.00 bits per heavy atom. The smallest absolute Gasteiger partial charge is 0.176 e. The van der Waals surface area contributed by atoms with Gasteiger partial charge in [0.25, 0.3) is 0 Å². The van der Waals surface area contributed by atoms with Crippen LogP contribution in [0.5, 0.6) is 0 Å². The van der Waals surface area contributed by atoms with Gasteiger partial charge in [-0.15, -0.1) is 5.10 Å². The summed E-state index contributed by atoms with van der Waals surface area (Å²) in [5.74, 6) is 0.871. The Hall–Kier alpha value is -2.24. The number of nitrogens with one attached hydrogen (secondary N) is 1. The summed E-state index contributed by atoms with van der Waals surface area (Å²) in [5, 5.41) is 17.1. The fourth-order valence-electron chi connectivity index (χ4n) is 3.77.